The maximum atomic E-state index is 13.3. The van der Waals surface area contributed by atoms with Gasteiger partial charge in [-0.05, 0) is 43.7 Å². The van der Waals surface area contributed by atoms with E-state index in [0.29, 0.717) is 11.8 Å². The molecule has 0 saturated carbocycles. The number of carbonyl (C=O) groups is 1. The molecule has 178 valence electrons. The molecule has 1 aliphatic heterocycles. The van der Waals surface area contributed by atoms with E-state index in [2.05, 4.69) is 4.98 Å². The highest BCUT2D eigenvalue weighted by atomic mass is 32.2. The Hall–Kier alpha value is -3.59. The molecular weight excluding hydrogens is 473 g/mol. The van der Waals surface area contributed by atoms with Gasteiger partial charge in [0.15, 0.2) is 26.3 Å². The molecule has 0 radical (unpaired) electrons. The van der Waals surface area contributed by atoms with Gasteiger partial charge in [0.25, 0.3) is 5.91 Å². The summed E-state index contributed by atoms with van der Waals surface area (Å²) in [6.45, 7) is 4.44. The fourth-order valence-corrected chi connectivity index (χ4v) is 4.77. The average Bonchev–Trinajstić information content (AvgIpc) is 3.30. The molecule has 4 rings (SSSR count). The highest BCUT2D eigenvalue weighted by Crippen LogP contribution is 2.37. The number of anilines is 1. The molecule has 0 atom stereocenters. The number of nitrogens with zero attached hydrogens (tertiary/aromatic N) is 4. The zero-order chi connectivity index (χ0) is 25.1. The molecule has 1 aliphatic rings. The minimum absolute atomic E-state index is 0.0294. The third kappa shape index (κ3) is 3.96. The van der Waals surface area contributed by atoms with Crippen molar-refractivity contribution >= 4 is 27.2 Å². The van der Waals surface area contributed by atoms with Gasteiger partial charge in [0.1, 0.15) is 17.5 Å². The van der Waals surface area contributed by atoms with Crippen molar-refractivity contribution in [1.82, 2.24) is 9.38 Å². The van der Waals surface area contributed by atoms with E-state index >= 15 is 0 Å². The molecule has 0 aliphatic carbocycles. The van der Waals surface area contributed by atoms with Crippen LogP contribution >= 0.6 is 0 Å². The van der Waals surface area contributed by atoms with Crippen molar-refractivity contribution in [3.05, 3.63) is 53.2 Å². The monoisotopic (exact) mass is 492 g/mol. The number of rotatable bonds is 5. The Bertz CT molecular complexity index is 1470. The van der Waals surface area contributed by atoms with Gasteiger partial charge in [-0.3, -0.25) is 14.1 Å². The van der Waals surface area contributed by atoms with Crippen molar-refractivity contribution in [3.8, 4) is 11.8 Å². The molecule has 34 heavy (non-hydrogen) atoms. The topological polar surface area (TPSA) is 105 Å². The number of nitriles is 1. The van der Waals surface area contributed by atoms with Crippen molar-refractivity contribution in [1.29, 1.82) is 5.26 Å². The number of amides is 1. The third-order valence-corrected chi connectivity index (χ3v) is 7.07. The minimum atomic E-state index is -4.70. The summed E-state index contributed by atoms with van der Waals surface area (Å²) in [6, 6.07) is 8.49. The maximum Gasteiger partial charge on any atom is 0.417 e. The molecule has 1 amide bonds. The minimum Gasteiger partial charge on any atom is -0.473 e. The molecule has 0 fully saturated rings. The molecule has 8 nitrogen and oxygen atoms in total. The summed E-state index contributed by atoms with van der Waals surface area (Å²) in [6.07, 6.45) is -4.03. The number of ether oxygens (including phenoxy) is 1. The molecule has 3 aromatic rings. The van der Waals surface area contributed by atoms with Gasteiger partial charge in [0.05, 0.1) is 17.9 Å². The largest absolute Gasteiger partial charge is 0.473 e. The normalized spacial score (nSPS) is 14.4. The summed E-state index contributed by atoms with van der Waals surface area (Å²) in [5.74, 6) is -0.962. The Kier molecular flexibility index (Phi) is 5.36. The molecule has 12 heteroatoms. The summed E-state index contributed by atoms with van der Waals surface area (Å²) in [7, 11) is -4.08. The van der Waals surface area contributed by atoms with Gasteiger partial charge in [-0.15, -0.1) is 0 Å². The quantitative estimate of drug-likeness (QED) is 0.534. The van der Waals surface area contributed by atoms with Crippen LogP contribution in [0.3, 0.4) is 0 Å². The highest BCUT2D eigenvalue weighted by molar-refractivity contribution is 7.91. The van der Waals surface area contributed by atoms with Gasteiger partial charge >= 0.3 is 6.18 Å². The van der Waals surface area contributed by atoms with Crippen LogP contribution in [0.25, 0.3) is 5.65 Å². The van der Waals surface area contributed by atoms with E-state index < -0.39 is 43.9 Å². The van der Waals surface area contributed by atoms with Crippen molar-refractivity contribution in [2.45, 2.75) is 44.1 Å². The fraction of sp³-hybridized carbons (Fsp3) is 0.318. The van der Waals surface area contributed by atoms with E-state index in [4.69, 9.17) is 4.74 Å². The summed E-state index contributed by atoms with van der Waals surface area (Å²) < 4.78 is 72.1. The van der Waals surface area contributed by atoms with E-state index in [1.807, 2.05) is 6.07 Å². The third-order valence-electron chi connectivity index (χ3n) is 5.34. The first-order valence-corrected chi connectivity index (χ1v) is 11.8. The number of aromatic nitrogens is 2. The van der Waals surface area contributed by atoms with E-state index in [1.54, 1.807) is 26.0 Å². The molecule has 2 aromatic heterocycles. The number of imidazole rings is 1. The molecule has 0 saturated heterocycles. The molecule has 3 heterocycles. The Morgan fingerprint density at radius 2 is 1.91 bits per heavy atom. The predicted octanol–water partition coefficient (Wildman–Crippen LogP) is 3.99. The number of hydrogen-bond acceptors (Lipinski definition) is 6. The van der Waals surface area contributed by atoms with Crippen molar-refractivity contribution in [2.24, 2.45) is 0 Å². The van der Waals surface area contributed by atoms with Crippen LogP contribution in [-0.2, 0) is 22.6 Å². The average molecular weight is 492 g/mol. The van der Waals surface area contributed by atoms with E-state index in [9.17, 15) is 31.6 Å². The smallest absolute Gasteiger partial charge is 0.417 e. The Balaban J connectivity index is 1.84. The van der Waals surface area contributed by atoms with Crippen LogP contribution < -0.4 is 9.64 Å². The summed E-state index contributed by atoms with van der Waals surface area (Å²) in [5, 5.41) is 8.69. The number of halogens is 3. The molecule has 0 N–H and O–H groups in total. The Morgan fingerprint density at radius 3 is 2.53 bits per heavy atom. The van der Waals surface area contributed by atoms with Gasteiger partial charge in [-0.25, -0.2) is 13.4 Å². The Morgan fingerprint density at radius 1 is 1.21 bits per heavy atom. The van der Waals surface area contributed by atoms with Crippen LogP contribution in [0.4, 0.5) is 19.0 Å². The number of pyridine rings is 1. The van der Waals surface area contributed by atoms with Crippen LogP contribution in [0.2, 0.25) is 0 Å². The standard InChI is InChI=1S/C22H19F3N4O4S/c1-4-34(31,32)20-18(27-17-8-6-14(11-28(17)20)22(23,24)25)29-10-13-5-7-15(9-16(13)19(29)30)33-21(2,3)12-26/h5-9,11H,4,10H2,1-3H3. The van der Waals surface area contributed by atoms with Gasteiger partial charge in [-0.2, -0.15) is 18.4 Å². The summed E-state index contributed by atoms with van der Waals surface area (Å²) >= 11 is 0. The SMILES string of the molecule is CCS(=O)(=O)c1c(N2Cc3ccc(OC(C)(C)C#N)cc3C2=O)nc2ccc(C(F)(F)F)cn12. The molecule has 1 aromatic carbocycles. The van der Waals surface area contributed by atoms with Crippen molar-refractivity contribution in [2.75, 3.05) is 10.7 Å². The first kappa shape index (κ1) is 23.6. The van der Waals surface area contributed by atoms with Crippen LogP contribution in [0.15, 0.2) is 41.6 Å². The predicted molar refractivity (Wildman–Crippen MR) is 115 cm³/mol. The molecule has 0 unspecified atom stereocenters. The number of benzene rings is 1. The zero-order valence-electron chi connectivity index (χ0n) is 18.3. The van der Waals surface area contributed by atoms with Gasteiger partial charge in [0, 0.05) is 11.8 Å². The van der Waals surface area contributed by atoms with Crippen molar-refractivity contribution in [3.63, 3.8) is 0 Å². The number of fused-ring (bicyclic) bond motifs is 2. The second-order valence-electron chi connectivity index (χ2n) is 8.22. The lowest BCUT2D eigenvalue weighted by molar-refractivity contribution is -0.137. The molecular formula is C22H19F3N4O4S. The summed E-state index contributed by atoms with van der Waals surface area (Å²) in [5.41, 5.74) is -1.46. The Labute approximate surface area is 193 Å². The highest BCUT2D eigenvalue weighted by Gasteiger charge is 2.37. The van der Waals surface area contributed by atoms with Crippen molar-refractivity contribution < 1.29 is 31.1 Å². The van der Waals surface area contributed by atoms with Crippen LogP contribution in [0.5, 0.6) is 5.75 Å². The lowest BCUT2D eigenvalue weighted by Crippen LogP contribution is -2.26. The lowest BCUT2D eigenvalue weighted by atomic mass is 10.1. The van der Waals surface area contributed by atoms with Crippen LogP contribution in [-0.4, -0.2) is 35.1 Å². The maximum absolute atomic E-state index is 13.3. The zero-order valence-corrected chi connectivity index (χ0v) is 19.2. The van der Waals surface area contributed by atoms with Crippen LogP contribution in [0, 0.1) is 11.3 Å². The van der Waals surface area contributed by atoms with Gasteiger partial charge in [0.2, 0.25) is 0 Å². The molecule has 0 bridgehead atoms. The van der Waals surface area contributed by atoms with Crippen LogP contribution in [0.1, 0.15) is 42.3 Å². The number of sulfone groups is 1. The van der Waals surface area contributed by atoms with E-state index in [-0.39, 0.29) is 29.3 Å². The fourth-order valence-electron chi connectivity index (χ4n) is 3.61. The summed E-state index contributed by atoms with van der Waals surface area (Å²) in [4.78, 5) is 18.6. The lowest BCUT2D eigenvalue weighted by Gasteiger charge is -2.18. The first-order valence-electron chi connectivity index (χ1n) is 10.1. The van der Waals surface area contributed by atoms with E-state index in [1.165, 1.54) is 13.0 Å². The second-order valence-corrected chi connectivity index (χ2v) is 10.4. The van der Waals surface area contributed by atoms with Gasteiger partial charge in [-0.1, -0.05) is 13.0 Å². The second kappa shape index (κ2) is 7.73. The van der Waals surface area contributed by atoms with Gasteiger partial charge < -0.3 is 4.74 Å². The molecule has 0 spiro atoms. The van der Waals surface area contributed by atoms with E-state index in [0.717, 1.165) is 21.4 Å². The number of hydrogen-bond donors (Lipinski definition) is 0. The number of carbonyl (C=O) groups excluding carboxylic acids is 1. The number of alkyl halides is 3. The first-order chi connectivity index (χ1) is 15.8.